The molecular formula is C16H27NO. The Morgan fingerprint density at radius 1 is 1.00 bits per heavy atom. The van der Waals surface area contributed by atoms with E-state index in [1.165, 1.54) is 5.56 Å². The van der Waals surface area contributed by atoms with Crippen LogP contribution in [-0.4, -0.2) is 18.2 Å². The number of rotatable bonds is 5. The van der Waals surface area contributed by atoms with Crippen LogP contribution >= 0.6 is 0 Å². The Kier molecular flexibility index (Phi) is 4.94. The molecule has 1 aromatic rings. The molecule has 0 aromatic heterocycles. The molecular weight excluding hydrogens is 222 g/mol. The normalized spacial score (nSPS) is 15.4. The lowest BCUT2D eigenvalue weighted by atomic mass is 9.84. The Hall–Kier alpha value is -0.860. The van der Waals surface area contributed by atoms with Crippen molar-refractivity contribution in [2.24, 2.45) is 0 Å². The summed E-state index contributed by atoms with van der Waals surface area (Å²) in [6, 6.07) is 8.34. The third-order valence-electron chi connectivity index (χ3n) is 3.41. The zero-order chi connectivity index (χ0) is 13.8. The molecule has 0 aliphatic heterocycles. The highest BCUT2D eigenvalue weighted by molar-refractivity contribution is 5.30. The molecule has 2 heteroatoms. The molecule has 2 nitrogen and oxygen atoms in total. The number of hydrogen-bond acceptors (Lipinski definition) is 2. The molecule has 0 amide bonds. The van der Waals surface area contributed by atoms with Crippen LogP contribution in [0.15, 0.2) is 24.3 Å². The minimum Gasteiger partial charge on any atom is -0.385 e. The van der Waals surface area contributed by atoms with Gasteiger partial charge in [-0.3, -0.25) is 0 Å². The van der Waals surface area contributed by atoms with Crippen LogP contribution in [0.2, 0.25) is 0 Å². The van der Waals surface area contributed by atoms with Gasteiger partial charge in [-0.2, -0.15) is 0 Å². The first-order valence-corrected chi connectivity index (χ1v) is 6.81. The Morgan fingerprint density at radius 2 is 1.50 bits per heavy atom. The summed E-state index contributed by atoms with van der Waals surface area (Å²) in [7, 11) is 0. The molecule has 0 radical (unpaired) electrons. The number of aliphatic hydroxyl groups is 1. The van der Waals surface area contributed by atoms with Crippen LogP contribution in [0.4, 0.5) is 0 Å². The number of hydrogen-bond donors (Lipinski definition) is 2. The molecule has 0 aliphatic rings. The second-order valence-corrected chi connectivity index (χ2v) is 6.20. The van der Waals surface area contributed by atoms with E-state index in [9.17, 15) is 5.11 Å². The van der Waals surface area contributed by atoms with Gasteiger partial charge < -0.3 is 10.4 Å². The van der Waals surface area contributed by atoms with Crippen LogP contribution in [0.3, 0.4) is 0 Å². The Balaban J connectivity index is 2.77. The highest BCUT2D eigenvalue weighted by Gasteiger charge is 2.23. The first-order valence-electron chi connectivity index (χ1n) is 6.81. The van der Waals surface area contributed by atoms with Gasteiger partial charge in [0.25, 0.3) is 0 Å². The first-order chi connectivity index (χ1) is 8.27. The van der Waals surface area contributed by atoms with Crippen molar-refractivity contribution in [1.82, 2.24) is 5.32 Å². The van der Waals surface area contributed by atoms with E-state index in [1.54, 1.807) is 0 Å². The van der Waals surface area contributed by atoms with Gasteiger partial charge in [0.2, 0.25) is 0 Å². The summed E-state index contributed by atoms with van der Waals surface area (Å²) in [6.45, 7) is 12.3. The van der Waals surface area contributed by atoms with Crippen molar-refractivity contribution in [3.63, 3.8) is 0 Å². The molecule has 1 aromatic carbocycles. The molecule has 102 valence electrons. The van der Waals surface area contributed by atoms with Crippen molar-refractivity contribution >= 4 is 0 Å². The highest BCUT2D eigenvalue weighted by atomic mass is 16.3. The molecule has 0 aliphatic carbocycles. The standard InChI is InChI=1S/C16H27NO/c1-6-17-12-11-16(5,18)14-9-7-13(8-10-14)15(2,3)4/h7-10,17-18H,6,11-12H2,1-5H3. The van der Waals surface area contributed by atoms with Gasteiger partial charge in [0.15, 0.2) is 0 Å². The SMILES string of the molecule is CCNCCC(C)(O)c1ccc(C(C)(C)C)cc1. The highest BCUT2D eigenvalue weighted by Crippen LogP contribution is 2.27. The fourth-order valence-corrected chi connectivity index (χ4v) is 1.98. The molecule has 0 saturated heterocycles. The molecule has 0 saturated carbocycles. The van der Waals surface area contributed by atoms with Crippen molar-refractivity contribution in [2.75, 3.05) is 13.1 Å². The summed E-state index contributed by atoms with van der Waals surface area (Å²) in [5, 5.41) is 13.7. The van der Waals surface area contributed by atoms with Gasteiger partial charge in [0.1, 0.15) is 0 Å². The minimum absolute atomic E-state index is 0.161. The summed E-state index contributed by atoms with van der Waals surface area (Å²) in [6.07, 6.45) is 0.732. The lowest BCUT2D eigenvalue weighted by Gasteiger charge is -2.26. The van der Waals surface area contributed by atoms with Gasteiger partial charge in [0.05, 0.1) is 5.60 Å². The van der Waals surface area contributed by atoms with Gasteiger partial charge in [-0.1, -0.05) is 52.0 Å². The average molecular weight is 249 g/mol. The van der Waals surface area contributed by atoms with E-state index in [1.807, 2.05) is 19.1 Å². The fourth-order valence-electron chi connectivity index (χ4n) is 1.98. The lowest BCUT2D eigenvalue weighted by Crippen LogP contribution is -2.28. The average Bonchev–Trinajstić information content (AvgIpc) is 2.28. The number of benzene rings is 1. The zero-order valence-electron chi connectivity index (χ0n) is 12.4. The van der Waals surface area contributed by atoms with Crippen molar-refractivity contribution in [3.05, 3.63) is 35.4 Å². The summed E-state index contributed by atoms with van der Waals surface area (Å²) < 4.78 is 0. The molecule has 1 rings (SSSR count). The van der Waals surface area contributed by atoms with Crippen LogP contribution in [0.5, 0.6) is 0 Å². The van der Waals surface area contributed by atoms with E-state index >= 15 is 0 Å². The van der Waals surface area contributed by atoms with Crippen LogP contribution < -0.4 is 5.32 Å². The topological polar surface area (TPSA) is 32.3 Å². The van der Waals surface area contributed by atoms with Gasteiger partial charge in [0, 0.05) is 0 Å². The van der Waals surface area contributed by atoms with Crippen molar-refractivity contribution in [3.8, 4) is 0 Å². The van der Waals surface area contributed by atoms with Crippen molar-refractivity contribution in [1.29, 1.82) is 0 Å². The zero-order valence-corrected chi connectivity index (χ0v) is 12.4. The van der Waals surface area contributed by atoms with Crippen LogP contribution in [-0.2, 0) is 11.0 Å². The van der Waals surface area contributed by atoms with Crippen molar-refractivity contribution < 1.29 is 5.11 Å². The molecule has 0 spiro atoms. The summed E-state index contributed by atoms with van der Waals surface area (Å²) in [5.74, 6) is 0. The Bertz CT molecular complexity index is 360. The summed E-state index contributed by atoms with van der Waals surface area (Å²) in [5.41, 5.74) is 1.70. The molecule has 0 fully saturated rings. The smallest absolute Gasteiger partial charge is 0.0880 e. The van der Waals surface area contributed by atoms with Gasteiger partial charge >= 0.3 is 0 Å². The van der Waals surface area contributed by atoms with Gasteiger partial charge in [-0.25, -0.2) is 0 Å². The maximum absolute atomic E-state index is 10.5. The molecule has 0 bridgehead atoms. The first kappa shape index (κ1) is 15.2. The van der Waals surface area contributed by atoms with Crippen molar-refractivity contribution in [2.45, 2.75) is 52.1 Å². The van der Waals surface area contributed by atoms with Gasteiger partial charge in [-0.15, -0.1) is 0 Å². The number of nitrogens with one attached hydrogen (secondary N) is 1. The predicted octanol–water partition coefficient (Wildman–Crippen LogP) is 3.19. The Labute approximate surface area is 111 Å². The lowest BCUT2D eigenvalue weighted by molar-refractivity contribution is 0.0481. The molecule has 18 heavy (non-hydrogen) atoms. The predicted molar refractivity (Wildman–Crippen MR) is 77.9 cm³/mol. The van der Waals surface area contributed by atoms with E-state index in [-0.39, 0.29) is 5.41 Å². The molecule has 2 N–H and O–H groups in total. The second-order valence-electron chi connectivity index (χ2n) is 6.20. The third-order valence-corrected chi connectivity index (χ3v) is 3.41. The van der Waals surface area contributed by atoms with E-state index in [2.05, 4.69) is 45.1 Å². The Morgan fingerprint density at radius 3 is 1.94 bits per heavy atom. The summed E-state index contributed by atoms with van der Waals surface area (Å²) in [4.78, 5) is 0. The van der Waals surface area contributed by atoms with Crippen LogP contribution in [0.25, 0.3) is 0 Å². The van der Waals surface area contributed by atoms with E-state index in [0.717, 1.165) is 25.1 Å². The monoisotopic (exact) mass is 249 g/mol. The third kappa shape index (κ3) is 4.11. The van der Waals surface area contributed by atoms with Crippen LogP contribution in [0.1, 0.15) is 52.2 Å². The van der Waals surface area contributed by atoms with E-state index in [0.29, 0.717) is 0 Å². The maximum Gasteiger partial charge on any atom is 0.0880 e. The van der Waals surface area contributed by atoms with E-state index in [4.69, 9.17) is 0 Å². The molecule has 0 heterocycles. The quantitative estimate of drug-likeness (QED) is 0.786. The molecule has 1 unspecified atom stereocenters. The van der Waals surface area contributed by atoms with E-state index < -0.39 is 5.60 Å². The fraction of sp³-hybridized carbons (Fsp3) is 0.625. The molecule has 1 atom stereocenters. The largest absolute Gasteiger partial charge is 0.385 e. The van der Waals surface area contributed by atoms with Crippen LogP contribution in [0, 0.1) is 0 Å². The maximum atomic E-state index is 10.5. The minimum atomic E-state index is -0.751. The summed E-state index contributed by atoms with van der Waals surface area (Å²) >= 11 is 0. The van der Waals surface area contributed by atoms with Gasteiger partial charge in [-0.05, 0) is 43.0 Å². The second kappa shape index (κ2) is 5.85.